The fourth-order valence-electron chi connectivity index (χ4n) is 4.52. The van der Waals surface area contributed by atoms with Gasteiger partial charge in [0.05, 0.1) is 11.5 Å². The van der Waals surface area contributed by atoms with Crippen molar-refractivity contribution in [2.45, 2.75) is 86.7 Å². The Morgan fingerprint density at radius 2 is 1.71 bits per heavy atom. The summed E-state index contributed by atoms with van der Waals surface area (Å²) < 4.78 is 6.07. The summed E-state index contributed by atoms with van der Waals surface area (Å²) in [4.78, 5) is 13.2. The van der Waals surface area contributed by atoms with Crippen LogP contribution in [0.3, 0.4) is 0 Å². The van der Waals surface area contributed by atoms with E-state index >= 15 is 0 Å². The molecule has 0 aromatic heterocycles. The molecule has 2 aliphatic rings. The molecule has 5 atom stereocenters. The molecule has 2 rings (SSSR count). The molecular weight excluding hydrogens is 298 g/mol. The normalized spacial score (nSPS) is 32.2. The van der Waals surface area contributed by atoms with Gasteiger partial charge in [-0.2, -0.15) is 5.26 Å². The van der Waals surface area contributed by atoms with Crippen LogP contribution in [0.2, 0.25) is 0 Å². The zero-order chi connectivity index (χ0) is 18.3. The van der Waals surface area contributed by atoms with Crippen LogP contribution >= 0.6 is 0 Å². The fourth-order valence-corrected chi connectivity index (χ4v) is 4.52. The Labute approximate surface area is 148 Å². The second-order valence-corrected chi connectivity index (χ2v) is 10.2. The lowest BCUT2D eigenvalue weighted by Gasteiger charge is -2.45. The lowest BCUT2D eigenvalue weighted by Crippen LogP contribution is -2.46. The summed E-state index contributed by atoms with van der Waals surface area (Å²) >= 11 is 0. The van der Waals surface area contributed by atoms with Gasteiger partial charge in [-0.25, -0.2) is 0 Å². The van der Waals surface area contributed by atoms with Crippen molar-refractivity contribution >= 4 is 5.97 Å². The molecule has 24 heavy (non-hydrogen) atoms. The highest BCUT2D eigenvalue weighted by Crippen LogP contribution is 2.52. The maximum Gasteiger partial charge on any atom is 0.312 e. The van der Waals surface area contributed by atoms with E-state index in [1.807, 2.05) is 0 Å². The topological polar surface area (TPSA) is 50.1 Å². The van der Waals surface area contributed by atoms with Gasteiger partial charge in [0.2, 0.25) is 0 Å². The van der Waals surface area contributed by atoms with Crippen LogP contribution in [0.15, 0.2) is 0 Å². The zero-order valence-electron chi connectivity index (χ0n) is 16.6. The molecular formula is C21H35NO2. The van der Waals surface area contributed by atoms with Gasteiger partial charge in [0.15, 0.2) is 0 Å². The number of carbonyl (C=O) groups excluding carboxylic acids is 1. The van der Waals surface area contributed by atoms with E-state index in [0.29, 0.717) is 11.8 Å². The Bertz CT molecular complexity index is 525. The minimum atomic E-state index is -0.497. The van der Waals surface area contributed by atoms with Gasteiger partial charge in [-0.3, -0.25) is 4.79 Å². The van der Waals surface area contributed by atoms with Crippen molar-refractivity contribution in [3.63, 3.8) is 0 Å². The van der Waals surface area contributed by atoms with E-state index in [-0.39, 0.29) is 28.8 Å². The Morgan fingerprint density at radius 1 is 1.08 bits per heavy atom. The molecule has 2 bridgehead atoms. The van der Waals surface area contributed by atoms with Crippen molar-refractivity contribution in [3.8, 4) is 6.07 Å². The maximum atomic E-state index is 13.2. The summed E-state index contributed by atoms with van der Waals surface area (Å²) in [6.45, 7) is 15.2. The standard InChI is InChI=1S/C21H35NO2/c1-8-20(5,6)13-21(7,19(2,3)4)18(23)24-17-11-14-9-15(17)10-16(14)12-22/h14-17H,8-11,13H2,1-7H3. The van der Waals surface area contributed by atoms with E-state index in [9.17, 15) is 10.1 Å². The van der Waals surface area contributed by atoms with Gasteiger partial charge in [-0.1, -0.05) is 48.0 Å². The third kappa shape index (κ3) is 3.48. The first-order valence-electron chi connectivity index (χ1n) is 9.54. The van der Waals surface area contributed by atoms with Crippen LogP contribution in [-0.2, 0) is 9.53 Å². The van der Waals surface area contributed by atoms with Crippen molar-refractivity contribution in [2.24, 2.45) is 34.0 Å². The average Bonchev–Trinajstić information content (AvgIpc) is 3.04. The molecule has 0 aromatic rings. The molecule has 2 saturated carbocycles. The number of rotatable bonds is 5. The quantitative estimate of drug-likeness (QED) is 0.637. The summed E-state index contributed by atoms with van der Waals surface area (Å²) in [7, 11) is 0. The van der Waals surface area contributed by atoms with Gasteiger partial charge in [-0.05, 0) is 55.3 Å². The molecule has 3 nitrogen and oxygen atoms in total. The summed E-state index contributed by atoms with van der Waals surface area (Å²) in [5, 5.41) is 9.19. The highest BCUT2D eigenvalue weighted by Gasteiger charge is 2.52. The maximum absolute atomic E-state index is 13.2. The summed E-state index contributed by atoms with van der Waals surface area (Å²) in [5.41, 5.74) is -0.534. The largest absolute Gasteiger partial charge is 0.462 e. The number of hydrogen-bond acceptors (Lipinski definition) is 3. The van der Waals surface area contributed by atoms with E-state index in [1.165, 1.54) is 0 Å². The van der Waals surface area contributed by atoms with Crippen LogP contribution in [0.25, 0.3) is 0 Å². The van der Waals surface area contributed by atoms with Gasteiger partial charge in [0, 0.05) is 5.92 Å². The van der Waals surface area contributed by atoms with Crippen LogP contribution in [-0.4, -0.2) is 12.1 Å². The van der Waals surface area contributed by atoms with Gasteiger partial charge < -0.3 is 4.74 Å². The zero-order valence-corrected chi connectivity index (χ0v) is 16.6. The van der Waals surface area contributed by atoms with Crippen LogP contribution < -0.4 is 0 Å². The lowest BCUT2D eigenvalue weighted by atomic mass is 9.60. The third-order valence-corrected chi connectivity index (χ3v) is 7.11. The van der Waals surface area contributed by atoms with Gasteiger partial charge in [0.25, 0.3) is 0 Å². The second-order valence-electron chi connectivity index (χ2n) is 10.2. The number of fused-ring (bicyclic) bond motifs is 2. The van der Waals surface area contributed by atoms with Crippen molar-refractivity contribution in [1.82, 2.24) is 0 Å². The van der Waals surface area contributed by atoms with Crippen molar-refractivity contribution in [3.05, 3.63) is 0 Å². The molecule has 2 fully saturated rings. The first-order chi connectivity index (χ1) is 10.9. The lowest BCUT2D eigenvalue weighted by molar-refractivity contribution is -0.173. The number of nitriles is 1. The molecule has 0 spiro atoms. The molecule has 3 heteroatoms. The molecule has 0 aliphatic heterocycles. The van der Waals surface area contributed by atoms with Crippen molar-refractivity contribution < 1.29 is 9.53 Å². The van der Waals surface area contributed by atoms with Gasteiger partial charge in [-0.15, -0.1) is 0 Å². The number of esters is 1. The first kappa shape index (κ1) is 19.3. The highest BCUT2D eigenvalue weighted by atomic mass is 16.5. The molecule has 136 valence electrons. The van der Waals surface area contributed by atoms with Crippen LogP contribution in [0, 0.1) is 45.3 Å². The van der Waals surface area contributed by atoms with E-state index in [0.717, 1.165) is 32.1 Å². The minimum absolute atomic E-state index is 0.0264. The molecule has 5 unspecified atom stereocenters. The van der Waals surface area contributed by atoms with E-state index in [1.54, 1.807) is 0 Å². The number of hydrogen-bond donors (Lipinski definition) is 0. The predicted octanol–water partition coefficient (Wildman–Crippen LogP) is 5.35. The van der Waals surface area contributed by atoms with Gasteiger partial charge in [0.1, 0.15) is 6.10 Å². The van der Waals surface area contributed by atoms with Crippen LogP contribution in [0.1, 0.15) is 80.6 Å². The Hall–Kier alpha value is -1.04. The van der Waals surface area contributed by atoms with Crippen LogP contribution in [0.4, 0.5) is 0 Å². The number of nitrogens with zero attached hydrogens (tertiary/aromatic N) is 1. The second kappa shape index (κ2) is 6.36. The molecule has 0 heterocycles. The predicted molar refractivity (Wildman–Crippen MR) is 96.1 cm³/mol. The monoisotopic (exact) mass is 333 g/mol. The van der Waals surface area contributed by atoms with Crippen molar-refractivity contribution in [2.75, 3.05) is 0 Å². The molecule has 0 saturated heterocycles. The molecule has 0 amide bonds. The minimum Gasteiger partial charge on any atom is -0.462 e. The molecule has 0 aromatic carbocycles. The summed E-state index contributed by atoms with van der Waals surface area (Å²) in [5.74, 6) is 0.971. The Kier molecular flexibility index (Phi) is 5.11. The highest BCUT2D eigenvalue weighted by molar-refractivity contribution is 5.77. The van der Waals surface area contributed by atoms with Gasteiger partial charge >= 0.3 is 5.97 Å². The SMILES string of the molecule is CCC(C)(C)CC(C)(C(=O)OC1CC2CC1CC2C#N)C(C)(C)C. The Morgan fingerprint density at radius 3 is 2.12 bits per heavy atom. The van der Waals surface area contributed by atoms with Crippen molar-refractivity contribution in [1.29, 1.82) is 5.26 Å². The van der Waals surface area contributed by atoms with E-state index in [2.05, 4.69) is 54.5 Å². The molecule has 0 N–H and O–H groups in total. The fraction of sp³-hybridized carbons (Fsp3) is 0.905. The van der Waals surface area contributed by atoms with E-state index in [4.69, 9.17) is 4.74 Å². The first-order valence-corrected chi connectivity index (χ1v) is 9.54. The Balaban J connectivity index is 2.12. The molecule has 0 radical (unpaired) electrons. The summed E-state index contributed by atoms with van der Waals surface area (Å²) in [6, 6.07) is 2.42. The number of ether oxygens (including phenoxy) is 1. The average molecular weight is 334 g/mol. The smallest absolute Gasteiger partial charge is 0.312 e. The third-order valence-electron chi connectivity index (χ3n) is 7.11. The van der Waals surface area contributed by atoms with E-state index < -0.39 is 5.41 Å². The summed E-state index contributed by atoms with van der Waals surface area (Å²) in [6.07, 6.45) is 4.75. The number of carbonyl (C=O) groups is 1. The molecule has 2 aliphatic carbocycles. The van der Waals surface area contributed by atoms with Crippen LogP contribution in [0.5, 0.6) is 0 Å².